The third-order valence-corrected chi connectivity index (χ3v) is 4.66. The molecular weight excluding hydrogens is 232 g/mol. The average Bonchev–Trinajstić information content (AvgIpc) is 2.72. The van der Waals surface area contributed by atoms with Crippen LogP contribution in [-0.2, 0) is 11.8 Å². The van der Waals surface area contributed by atoms with Crippen LogP contribution in [0.2, 0.25) is 5.15 Å². The highest BCUT2D eigenvalue weighted by Crippen LogP contribution is 2.51. The van der Waals surface area contributed by atoms with Gasteiger partial charge in [0, 0.05) is 11.1 Å². The standard InChI is InChI=1S/C14H15ClN2/c15-13-6-5-11-12(17-13)4-2-8-14(11)7-1-3-10(14)9-16/h5-6,10H,1-4,7-8H2. The van der Waals surface area contributed by atoms with Crippen molar-refractivity contribution in [1.82, 2.24) is 4.98 Å². The summed E-state index contributed by atoms with van der Waals surface area (Å²) in [4.78, 5) is 4.46. The molecule has 17 heavy (non-hydrogen) atoms. The van der Waals surface area contributed by atoms with Crippen molar-refractivity contribution in [1.29, 1.82) is 5.26 Å². The van der Waals surface area contributed by atoms with Gasteiger partial charge in [-0.2, -0.15) is 5.26 Å². The van der Waals surface area contributed by atoms with E-state index >= 15 is 0 Å². The Labute approximate surface area is 107 Å². The zero-order valence-electron chi connectivity index (χ0n) is 9.75. The number of aromatic nitrogens is 1. The SMILES string of the molecule is N#CC1CCCC12CCCc1nc(Cl)ccc12. The number of pyridine rings is 1. The molecule has 3 heteroatoms. The predicted octanol–water partition coefficient (Wildman–Crippen LogP) is 3.63. The van der Waals surface area contributed by atoms with E-state index in [2.05, 4.69) is 17.1 Å². The minimum Gasteiger partial charge on any atom is -0.241 e. The molecule has 2 aliphatic carbocycles. The molecule has 1 aromatic heterocycles. The molecule has 1 saturated carbocycles. The molecular formula is C14H15ClN2. The van der Waals surface area contributed by atoms with Crippen molar-refractivity contribution < 1.29 is 0 Å². The summed E-state index contributed by atoms with van der Waals surface area (Å²) in [6.07, 6.45) is 6.64. The van der Waals surface area contributed by atoms with Crippen LogP contribution in [0.1, 0.15) is 43.4 Å². The lowest BCUT2D eigenvalue weighted by Gasteiger charge is -2.37. The lowest BCUT2D eigenvalue weighted by Crippen LogP contribution is -2.34. The molecule has 1 spiro atoms. The van der Waals surface area contributed by atoms with Gasteiger partial charge in [0.2, 0.25) is 0 Å². The van der Waals surface area contributed by atoms with Crippen molar-refractivity contribution in [2.45, 2.75) is 43.9 Å². The van der Waals surface area contributed by atoms with Gasteiger partial charge in [0.15, 0.2) is 0 Å². The van der Waals surface area contributed by atoms with Gasteiger partial charge in [0.25, 0.3) is 0 Å². The van der Waals surface area contributed by atoms with E-state index in [0.717, 1.165) is 37.8 Å². The van der Waals surface area contributed by atoms with Crippen molar-refractivity contribution in [3.8, 4) is 6.07 Å². The molecule has 88 valence electrons. The first kappa shape index (κ1) is 11.0. The van der Waals surface area contributed by atoms with E-state index in [-0.39, 0.29) is 11.3 Å². The van der Waals surface area contributed by atoms with Gasteiger partial charge in [-0.15, -0.1) is 0 Å². The number of halogens is 1. The highest BCUT2D eigenvalue weighted by molar-refractivity contribution is 6.29. The van der Waals surface area contributed by atoms with Crippen LogP contribution in [-0.4, -0.2) is 4.98 Å². The van der Waals surface area contributed by atoms with Crippen molar-refractivity contribution in [3.05, 3.63) is 28.5 Å². The Morgan fingerprint density at radius 2 is 2.18 bits per heavy atom. The molecule has 0 N–H and O–H groups in total. The topological polar surface area (TPSA) is 36.7 Å². The van der Waals surface area contributed by atoms with Crippen LogP contribution in [0.15, 0.2) is 12.1 Å². The fraction of sp³-hybridized carbons (Fsp3) is 0.571. The summed E-state index contributed by atoms with van der Waals surface area (Å²) in [5.74, 6) is 0.171. The van der Waals surface area contributed by atoms with Gasteiger partial charge in [0.05, 0.1) is 12.0 Å². The van der Waals surface area contributed by atoms with Gasteiger partial charge in [0.1, 0.15) is 5.15 Å². The quantitative estimate of drug-likeness (QED) is 0.656. The number of aryl methyl sites for hydroxylation is 1. The van der Waals surface area contributed by atoms with Gasteiger partial charge in [-0.25, -0.2) is 4.98 Å². The molecule has 0 aliphatic heterocycles. The molecule has 0 aromatic carbocycles. The zero-order chi connectivity index (χ0) is 11.9. The Morgan fingerprint density at radius 3 is 3.00 bits per heavy atom. The van der Waals surface area contributed by atoms with Crippen LogP contribution in [0.3, 0.4) is 0 Å². The predicted molar refractivity (Wildman–Crippen MR) is 66.8 cm³/mol. The van der Waals surface area contributed by atoms with Crippen molar-refractivity contribution in [2.24, 2.45) is 5.92 Å². The summed E-state index contributed by atoms with van der Waals surface area (Å²) in [6.45, 7) is 0. The Balaban J connectivity index is 2.13. The monoisotopic (exact) mass is 246 g/mol. The number of nitriles is 1. The summed E-state index contributed by atoms with van der Waals surface area (Å²) in [5, 5.41) is 9.94. The molecule has 1 aromatic rings. The largest absolute Gasteiger partial charge is 0.241 e. The fourth-order valence-electron chi connectivity index (χ4n) is 3.71. The first-order chi connectivity index (χ1) is 8.26. The highest BCUT2D eigenvalue weighted by Gasteiger charge is 2.47. The van der Waals surface area contributed by atoms with E-state index in [1.807, 2.05) is 6.07 Å². The molecule has 2 aliphatic rings. The van der Waals surface area contributed by atoms with Gasteiger partial charge < -0.3 is 0 Å². The number of hydrogen-bond acceptors (Lipinski definition) is 2. The summed E-state index contributed by atoms with van der Waals surface area (Å²) < 4.78 is 0. The van der Waals surface area contributed by atoms with Crippen LogP contribution in [0.5, 0.6) is 0 Å². The van der Waals surface area contributed by atoms with Gasteiger partial charge >= 0.3 is 0 Å². The summed E-state index contributed by atoms with van der Waals surface area (Å²) >= 11 is 5.97. The second kappa shape index (κ2) is 3.99. The first-order valence-electron chi connectivity index (χ1n) is 6.32. The number of hydrogen-bond donors (Lipinski definition) is 0. The molecule has 2 atom stereocenters. The van der Waals surface area contributed by atoms with E-state index in [4.69, 9.17) is 11.6 Å². The number of nitrogens with zero attached hydrogens (tertiary/aromatic N) is 2. The smallest absolute Gasteiger partial charge is 0.129 e. The summed E-state index contributed by atoms with van der Waals surface area (Å²) in [6, 6.07) is 6.51. The summed E-state index contributed by atoms with van der Waals surface area (Å²) in [7, 11) is 0. The van der Waals surface area contributed by atoms with Crippen LogP contribution >= 0.6 is 11.6 Å². The molecule has 1 fully saturated rings. The van der Waals surface area contributed by atoms with E-state index in [1.54, 1.807) is 0 Å². The van der Waals surface area contributed by atoms with Crippen molar-refractivity contribution >= 4 is 11.6 Å². The zero-order valence-corrected chi connectivity index (χ0v) is 10.5. The van der Waals surface area contributed by atoms with E-state index in [1.165, 1.54) is 12.0 Å². The van der Waals surface area contributed by atoms with Crippen LogP contribution in [0.4, 0.5) is 0 Å². The van der Waals surface area contributed by atoms with Crippen molar-refractivity contribution in [3.63, 3.8) is 0 Å². The third-order valence-electron chi connectivity index (χ3n) is 4.45. The Bertz CT molecular complexity index is 491. The number of rotatable bonds is 0. The molecule has 0 amide bonds. The minimum atomic E-state index is 0.0833. The van der Waals surface area contributed by atoms with Crippen LogP contribution in [0.25, 0.3) is 0 Å². The fourth-order valence-corrected chi connectivity index (χ4v) is 3.87. The Kier molecular flexibility index (Phi) is 2.60. The third kappa shape index (κ3) is 1.57. The maximum absolute atomic E-state index is 9.37. The van der Waals surface area contributed by atoms with Gasteiger partial charge in [-0.05, 0) is 43.7 Å². The average molecular weight is 247 g/mol. The molecule has 0 radical (unpaired) electrons. The normalized spacial score (nSPS) is 31.2. The molecule has 1 heterocycles. The molecule has 2 nitrogen and oxygen atoms in total. The lowest BCUT2D eigenvalue weighted by atomic mass is 9.66. The van der Waals surface area contributed by atoms with E-state index < -0.39 is 0 Å². The van der Waals surface area contributed by atoms with Crippen LogP contribution in [0, 0.1) is 17.2 Å². The van der Waals surface area contributed by atoms with Gasteiger partial charge in [-0.1, -0.05) is 24.1 Å². The Morgan fingerprint density at radius 1 is 1.35 bits per heavy atom. The maximum atomic E-state index is 9.37. The van der Waals surface area contributed by atoms with Crippen molar-refractivity contribution in [2.75, 3.05) is 0 Å². The molecule has 0 saturated heterocycles. The lowest BCUT2D eigenvalue weighted by molar-refractivity contribution is 0.314. The van der Waals surface area contributed by atoms with Crippen LogP contribution < -0.4 is 0 Å². The molecule has 2 unspecified atom stereocenters. The Hall–Kier alpha value is -1.07. The molecule has 3 rings (SSSR count). The second-order valence-electron chi connectivity index (χ2n) is 5.21. The minimum absolute atomic E-state index is 0.0833. The second-order valence-corrected chi connectivity index (χ2v) is 5.60. The first-order valence-corrected chi connectivity index (χ1v) is 6.69. The van der Waals surface area contributed by atoms with E-state index in [9.17, 15) is 5.26 Å². The maximum Gasteiger partial charge on any atom is 0.129 e. The number of fused-ring (bicyclic) bond motifs is 2. The summed E-state index contributed by atoms with van der Waals surface area (Å²) in [5.41, 5.74) is 2.52. The van der Waals surface area contributed by atoms with E-state index in [0.29, 0.717) is 5.15 Å². The highest BCUT2D eigenvalue weighted by atomic mass is 35.5. The molecule has 0 bridgehead atoms. The van der Waals surface area contributed by atoms with Gasteiger partial charge in [-0.3, -0.25) is 0 Å².